The maximum absolute atomic E-state index is 11.3. The molecule has 2 heteroatoms. The van der Waals surface area contributed by atoms with Crippen LogP contribution in [0, 0.1) is 6.92 Å². The second kappa shape index (κ2) is 5.35. The number of esters is 1. The zero-order valence-corrected chi connectivity index (χ0v) is 9.41. The van der Waals surface area contributed by atoms with E-state index in [-0.39, 0.29) is 5.97 Å². The van der Waals surface area contributed by atoms with Gasteiger partial charge in [-0.25, -0.2) is 4.79 Å². The first-order valence-corrected chi connectivity index (χ1v) is 5.05. The first-order valence-electron chi connectivity index (χ1n) is 5.05. The summed E-state index contributed by atoms with van der Waals surface area (Å²) in [5.41, 5.74) is 2.85. The molecule has 0 unspecified atom stereocenters. The van der Waals surface area contributed by atoms with Crippen LogP contribution in [0.4, 0.5) is 0 Å². The molecule has 0 aliphatic rings. The number of hydrogen-bond acceptors (Lipinski definition) is 2. The van der Waals surface area contributed by atoms with E-state index < -0.39 is 0 Å². The van der Waals surface area contributed by atoms with E-state index >= 15 is 0 Å². The summed E-state index contributed by atoms with van der Waals surface area (Å²) in [7, 11) is 0. The highest BCUT2D eigenvalue weighted by molar-refractivity contribution is 5.92. The second-order valence-electron chi connectivity index (χ2n) is 3.46. The molecule has 0 fully saturated rings. The molecule has 0 radical (unpaired) electrons. The summed E-state index contributed by atoms with van der Waals surface area (Å²) in [6.07, 6.45) is 1.83. The molecular weight excluding hydrogens is 188 g/mol. The first kappa shape index (κ1) is 11.5. The van der Waals surface area contributed by atoms with E-state index in [0.717, 1.165) is 5.56 Å². The van der Waals surface area contributed by atoms with Gasteiger partial charge in [0.25, 0.3) is 0 Å². The number of ether oxygens (including phenoxy) is 1. The van der Waals surface area contributed by atoms with Crippen molar-refractivity contribution < 1.29 is 9.53 Å². The van der Waals surface area contributed by atoms with Gasteiger partial charge >= 0.3 is 5.97 Å². The molecule has 1 rings (SSSR count). The van der Waals surface area contributed by atoms with Gasteiger partial charge in [0.15, 0.2) is 0 Å². The van der Waals surface area contributed by atoms with Crippen LogP contribution >= 0.6 is 0 Å². The zero-order chi connectivity index (χ0) is 11.3. The highest BCUT2D eigenvalue weighted by Gasteiger charge is 2.03. The van der Waals surface area contributed by atoms with Gasteiger partial charge < -0.3 is 4.74 Å². The fourth-order valence-corrected chi connectivity index (χ4v) is 1.22. The minimum atomic E-state index is -0.252. The largest absolute Gasteiger partial charge is 0.463 e. The van der Waals surface area contributed by atoms with E-state index in [9.17, 15) is 4.79 Å². The topological polar surface area (TPSA) is 26.3 Å². The van der Waals surface area contributed by atoms with Crippen molar-refractivity contribution in [3.63, 3.8) is 0 Å². The standard InChI is InChI=1S/C13H16O2/c1-4-15-13(14)11(3)9-12-7-5-10(2)6-8-12/h5-9H,4H2,1-3H3/b11-9-. The first-order chi connectivity index (χ1) is 7.13. The highest BCUT2D eigenvalue weighted by Crippen LogP contribution is 2.09. The smallest absolute Gasteiger partial charge is 0.333 e. The van der Waals surface area contributed by atoms with Crippen molar-refractivity contribution in [2.24, 2.45) is 0 Å². The molecule has 0 aliphatic heterocycles. The van der Waals surface area contributed by atoms with Gasteiger partial charge in [-0.2, -0.15) is 0 Å². The number of aryl methyl sites for hydroxylation is 1. The maximum Gasteiger partial charge on any atom is 0.333 e. The van der Waals surface area contributed by atoms with E-state index in [1.54, 1.807) is 13.8 Å². The monoisotopic (exact) mass is 204 g/mol. The summed E-state index contributed by atoms with van der Waals surface area (Å²) in [5, 5.41) is 0. The number of carbonyl (C=O) groups excluding carboxylic acids is 1. The molecule has 2 nitrogen and oxygen atoms in total. The van der Waals surface area contributed by atoms with Crippen molar-refractivity contribution in [1.29, 1.82) is 0 Å². The summed E-state index contributed by atoms with van der Waals surface area (Å²) < 4.78 is 4.89. The third kappa shape index (κ3) is 3.58. The molecule has 0 aromatic heterocycles. The van der Waals surface area contributed by atoms with Crippen LogP contribution in [0.15, 0.2) is 29.8 Å². The van der Waals surface area contributed by atoms with E-state index in [1.807, 2.05) is 37.3 Å². The summed E-state index contributed by atoms with van der Waals surface area (Å²) >= 11 is 0. The van der Waals surface area contributed by atoms with Crippen molar-refractivity contribution in [2.45, 2.75) is 20.8 Å². The molecule has 0 aliphatic carbocycles. The predicted octanol–water partition coefficient (Wildman–Crippen LogP) is 2.96. The maximum atomic E-state index is 11.3. The Morgan fingerprint density at radius 2 is 1.93 bits per heavy atom. The van der Waals surface area contributed by atoms with Crippen LogP contribution in [0.25, 0.3) is 6.08 Å². The normalized spacial score (nSPS) is 11.3. The lowest BCUT2D eigenvalue weighted by atomic mass is 10.1. The molecule has 0 spiro atoms. The van der Waals surface area contributed by atoms with E-state index in [1.165, 1.54) is 5.56 Å². The van der Waals surface area contributed by atoms with Crippen LogP contribution in [0.1, 0.15) is 25.0 Å². The minimum absolute atomic E-state index is 0.252. The predicted molar refractivity (Wildman–Crippen MR) is 61.5 cm³/mol. The molecule has 1 aromatic rings. The highest BCUT2D eigenvalue weighted by atomic mass is 16.5. The summed E-state index contributed by atoms with van der Waals surface area (Å²) in [6.45, 7) is 6.01. The molecule has 0 N–H and O–H groups in total. The Bertz CT molecular complexity index is 361. The average Bonchev–Trinajstić information content (AvgIpc) is 2.22. The van der Waals surface area contributed by atoms with E-state index in [4.69, 9.17) is 4.74 Å². The second-order valence-corrected chi connectivity index (χ2v) is 3.46. The molecule has 0 atom stereocenters. The lowest BCUT2D eigenvalue weighted by molar-refractivity contribution is -0.138. The van der Waals surface area contributed by atoms with Crippen LogP contribution in [-0.4, -0.2) is 12.6 Å². The van der Waals surface area contributed by atoms with Crippen molar-refractivity contribution in [3.8, 4) is 0 Å². The number of benzene rings is 1. The van der Waals surface area contributed by atoms with E-state index in [2.05, 4.69) is 0 Å². The van der Waals surface area contributed by atoms with Gasteiger partial charge in [0.2, 0.25) is 0 Å². The third-order valence-corrected chi connectivity index (χ3v) is 2.06. The molecule has 0 saturated heterocycles. The van der Waals surface area contributed by atoms with Gasteiger partial charge in [-0.05, 0) is 32.4 Å². The van der Waals surface area contributed by atoms with Crippen LogP contribution in [0.2, 0.25) is 0 Å². The Morgan fingerprint density at radius 3 is 2.47 bits per heavy atom. The molecule has 0 heterocycles. The zero-order valence-electron chi connectivity index (χ0n) is 9.41. The molecule has 1 aromatic carbocycles. The van der Waals surface area contributed by atoms with Gasteiger partial charge in [0, 0.05) is 5.57 Å². The third-order valence-electron chi connectivity index (χ3n) is 2.06. The van der Waals surface area contributed by atoms with E-state index in [0.29, 0.717) is 12.2 Å². The average molecular weight is 204 g/mol. The summed E-state index contributed by atoms with van der Waals surface area (Å²) in [4.78, 5) is 11.3. The number of hydrogen-bond donors (Lipinski definition) is 0. The quantitative estimate of drug-likeness (QED) is 0.559. The minimum Gasteiger partial charge on any atom is -0.463 e. The Balaban J connectivity index is 2.78. The van der Waals surface area contributed by atoms with Gasteiger partial charge in [-0.15, -0.1) is 0 Å². The van der Waals surface area contributed by atoms with Gasteiger partial charge in [0.1, 0.15) is 0 Å². The van der Waals surface area contributed by atoms with Crippen LogP contribution in [0.3, 0.4) is 0 Å². The Hall–Kier alpha value is -1.57. The van der Waals surface area contributed by atoms with Crippen LogP contribution in [-0.2, 0) is 9.53 Å². The van der Waals surface area contributed by atoms with Crippen LogP contribution in [0.5, 0.6) is 0 Å². The van der Waals surface area contributed by atoms with Crippen molar-refractivity contribution >= 4 is 12.0 Å². The lowest BCUT2D eigenvalue weighted by Crippen LogP contribution is -2.04. The van der Waals surface area contributed by atoms with Crippen molar-refractivity contribution in [2.75, 3.05) is 6.61 Å². The fraction of sp³-hybridized carbons (Fsp3) is 0.308. The molecular formula is C13H16O2. The molecule has 0 bridgehead atoms. The summed E-state index contributed by atoms with van der Waals surface area (Å²) in [5.74, 6) is -0.252. The number of rotatable bonds is 3. The SMILES string of the molecule is CCOC(=O)/C(C)=C\c1ccc(C)cc1. The molecule has 80 valence electrons. The number of carbonyl (C=O) groups is 1. The fourth-order valence-electron chi connectivity index (χ4n) is 1.22. The van der Waals surface area contributed by atoms with Gasteiger partial charge in [0.05, 0.1) is 6.61 Å². The molecule has 0 saturated carbocycles. The Labute approximate surface area is 90.6 Å². The Kier molecular flexibility index (Phi) is 4.10. The van der Waals surface area contributed by atoms with Crippen LogP contribution < -0.4 is 0 Å². The molecule has 15 heavy (non-hydrogen) atoms. The van der Waals surface area contributed by atoms with Crippen molar-refractivity contribution in [1.82, 2.24) is 0 Å². The summed E-state index contributed by atoms with van der Waals surface area (Å²) in [6, 6.07) is 8.00. The van der Waals surface area contributed by atoms with Gasteiger partial charge in [-0.1, -0.05) is 29.8 Å². The lowest BCUT2D eigenvalue weighted by Gasteiger charge is -2.01. The van der Waals surface area contributed by atoms with Crippen molar-refractivity contribution in [3.05, 3.63) is 41.0 Å². The molecule has 0 amide bonds. The van der Waals surface area contributed by atoms with Gasteiger partial charge in [-0.3, -0.25) is 0 Å². The Morgan fingerprint density at radius 1 is 1.33 bits per heavy atom.